The van der Waals surface area contributed by atoms with Gasteiger partial charge in [-0.05, 0) is 49.9 Å². The number of nitrogens with zero attached hydrogens (tertiary/aromatic N) is 2. The summed E-state index contributed by atoms with van der Waals surface area (Å²) in [4.78, 5) is 27.2. The molecule has 1 atom stereocenters. The van der Waals surface area contributed by atoms with Gasteiger partial charge in [-0.3, -0.25) is 9.69 Å². The molecule has 0 aliphatic carbocycles. The highest BCUT2D eigenvalue weighted by atomic mass is 16.5. The van der Waals surface area contributed by atoms with Crippen LogP contribution in [-0.4, -0.2) is 66.2 Å². The van der Waals surface area contributed by atoms with Gasteiger partial charge in [0.1, 0.15) is 5.75 Å². The fourth-order valence-corrected chi connectivity index (χ4v) is 3.36. The lowest BCUT2D eigenvalue weighted by atomic mass is 10.1. The SMILES string of the molecule is CC(C)COc1cccc(CNC(=O)N2CCCC(N(C)CC(=O)O)CC2)c1. The molecular weight excluding hydrogens is 358 g/mol. The minimum atomic E-state index is -0.819. The van der Waals surface area contributed by atoms with Gasteiger partial charge in [0.05, 0.1) is 13.2 Å². The van der Waals surface area contributed by atoms with Crippen LogP contribution in [0.25, 0.3) is 0 Å². The highest BCUT2D eigenvalue weighted by Gasteiger charge is 2.23. The van der Waals surface area contributed by atoms with Crippen LogP contribution in [0.5, 0.6) is 5.75 Å². The van der Waals surface area contributed by atoms with Crippen molar-refractivity contribution in [2.24, 2.45) is 5.92 Å². The van der Waals surface area contributed by atoms with Crippen LogP contribution in [0, 0.1) is 5.92 Å². The second kappa shape index (κ2) is 10.9. The first-order chi connectivity index (χ1) is 13.3. The smallest absolute Gasteiger partial charge is 0.317 e. The predicted molar refractivity (Wildman–Crippen MR) is 108 cm³/mol. The number of amides is 2. The van der Waals surface area contributed by atoms with Gasteiger partial charge in [0.2, 0.25) is 0 Å². The number of carbonyl (C=O) groups is 2. The number of likely N-dealkylation sites (N-methyl/N-ethyl adjacent to an activating group) is 1. The molecule has 0 bridgehead atoms. The van der Waals surface area contributed by atoms with Crippen LogP contribution in [0.15, 0.2) is 24.3 Å². The van der Waals surface area contributed by atoms with Crippen molar-refractivity contribution >= 4 is 12.0 Å². The molecule has 28 heavy (non-hydrogen) atoms. The zero-order valence-corrected chi connectivity index (χ0v) is 17.2. The summed E-state index contributed by atoms with van der Waals surface area (Å²) >= 11 is 0. The molecule has 1 aliphatic heterocycles. The van der Waals surface area contributed by atoms with Crippen molar-refractivity contribution in [2.45, 2.75) is 45.7 Å². The fraction of sp³-hybridized carbons (Fsp3) is 0.619. The number of urea groups is 1. The van der Waals surface area contributed by atoms with Gasteiger partial charge in [-0.2, -0.15) is 0 Å². The molecule has 1 unspecified atom stereocenters. The zero-order valence-electron chi connectivity index (χ0n) is 17.2. The lowest BCUT2D eigenvalue weighted by Gasteiger charge is -2.25. The van der Waals surface area contributed by atoms with Crippen LogP contribution in [-0.2, 0) is 11.3 Å². The first-order valence-electron chi connectivity index (χ1n) is 10.0. The number of carboxylic acid groups (broad SMARTS) is 1. The number of hydrogen-bond acceptors (Lipinski definition) is 4. The molecule has 0 spiro atoms. The number of benzene rings is 1. The van der Waals surface area contributed by atoms with E-state index >= 15 is 0 Å². The van der Waals surface area contributed by atoms with Gasteiger partial charge >= 0.3 is 12.0 Å². The van der Waals surface area contributed by atoms with Gasteiger partial charge in [0.25, 0.3) is 0 Å². The summed E-state index contributed by atoms with van der Waals surface area (Å²) in [6, 6.07) is 7.92. The standard InChI is InChI=1S/C21H33N3O4/c1-16(2)15-28-19-8-4-6-17(12-19)13-22-21(27)24-10-5-7-18(9-11-24)23(3)14-20(25)26/h4,6,8,12,16,18H,5,7,9-11,13-15H2,1-3H3,(H,22,27)(H,25,26). The van der Waals surface area contributed by atoms with E-state index in [9.17, 15) is 9.59 Å². The van der Waals surface area contributed by atoms with Crippen LogP contribution in [0.4, 0.5) is 4.79 Å². The van der Waals surface area contributed by atoms with E-state index in [4.69, 9.17) is 9.84 Å². The Kier molecular flexibility index (Phi) is 8.57. The van der Waals surface area contributed by atoms with E-state index in [1.54, 1.807) is 0 Å². The van der Waals surface area contributed by atoms with Gasteiger partial charge in [-0.15, -0.1) is 0 Å². The molecule has 1 aromatic rings. The number of rotatable bonds is 8. The minimum absolute atomic E-state index is 0.0338. The van der Waals surface area contributed by atoms with Gasteiger partial charge < -0.3 is 20.1 Å². The first kappa shape index (κ1) is 22.0. The molecule has 7 heteroatoms. The van der Waals surface area contributed by atoms with Crippen LogP contribution < -0.4 is 10.1 Å². The molecule has 2 rings (SSSR count). The van der Waals surface area contributed by atoms with Crippen LogP contribution in [0.3, 0.4) is 0 Å². The summed E-state index contributed by atoms with van der Waals surface area (Å²) in [6.45, 7) is 6.70. The summed E-state index contributed by atoms with van der Waals surface area (Å²) in [5.74, 6) is 0.463. The number of hydrogen-bond donors (Lipinski definition) is 2. The second-order valence-electron chi connectivity index (χ2n) is 7.89. The third-order valence-corrected chi connectivity index (χ3v) is 4.92. The van der Waals surface area contributed by atoms with E-state index in [2.05, 4.69) is 19.2 Å². The first-order valence-corrected chi connectivity index (χ1v) is 10.0. The Morgan fingerprint density at radius 2 is 2.11 bits per heavy atom. The van der Waals surface area contributed by atoms with Crippen molar-refractivity contribution in [1.82, 2.24) is 15.1 Å². The molecular formula is C21H33N3O4. The fourth-order valence-electron chi connectivity index (χ4n) is 3.36. The van der Waals surface area contributed by atoms with E-state index < -0.39 is 5.97 Å². The van der Waals surface area contributed by atoms with Crippen molar-refractivity contribution in [1.29, 1.82) is 0 Å². The molecule has 0 aromatic heterocycles. The molecule has 2 N–H and O–H groups in total. The number of nitrogens with one attached hydrogen (secondary N) is 1. The molecule has 1 aromatic carbocycles. The van der Waals surface area contributed by atoms with Crippen molar-refractivity contribution in [3.63, 3.8) is 0 Å². The maximum Gasteiger partial charge on any atom is 0.317 e. The molecule has 1 aliphatic rings. The Balaban J connectivity index is 1.81. The Morgan fingerprint density at radius 3 is 2.82 bits per heavy atom. The predicted octanol–water partition coefficient (Wildman–Crippen LogP) is 2.80. The molecule has 2 amide bonds. The lowest BCUT2D eigenvalue weighted by Crippen LogP contribution is -2.41. The molecule has 1 saturated heterocycles. The number of ether oxygens (including phenoxy) is 1. The van der Waals surface area contributed by atoms with Crippen molar-refractivity contribution in [3.05, 3.63) is 29.8 Å². The summed E-state index contributed by atoms with van der Waals surface area (Å²) in [5.41, 5.74) is 1.00. The van der Waals surface area contributed by atoms with Gasteiger partial charge in [0, 0.05) is 25.7 Å². The normalized spacial score (nSPS) is 17.5. The second-order valence-corrected chi connectivity index (χ2v) is 7.89. The third-order valence-electron chi connectivity index (χ3n) is 4.92. The summed E-state index contributed by atoms with van der Waals surface area (Å²) in [6.07, 6.45) is 2.57. The molecule has 1 heterocycles. The molecule has 7 nitrogen and oxygen atoms in total. The highest BCUT2D eigenvalue weighted by molar-refractivity contribution is 5.74. The summed E-state index contributed by atoms with van der Waals surface area (Å²) in [7, 11) is 1.84. The van der Waals surface area contributed by atoms with Crippen LogP contribution in [0.2, 0.25) is 0 Å². The van der Waals surface area contributed by atoms with Crippen molar-refractivity contribution in [2.75, 3.05) is 33.3 Å². The monoisotopic (exact) mass is 391 g/mol. The third kappa shape index (κ3) is 7.38. The molecule has 1 fully saturated rings. The lowest BCUT2D eigenvalue weighted by molar-refractivity contribution is -0.138. The number of carbonyl (C=O) groups excluding carboxylic acids is 1. The summed E-state index contributed by atoms with van der Waals surface area (Å²) in [5, 5.41) is 11.9. The van der Waals surface area contributed by atoms with Crippen molar-refractivity contribution < 1.29 is 19.4 Å². The van der Waals surface area contributed by atoms with E-state index in [1.807, 2.05) is 41.1 Å². The number of aliphatic carboxylic acids is 1. The average molecular weight is 392 g/mol. The summed E-state index contributed by atoms with van der Waals surface area (Å²) < 4.78 is 5.74. The quantitative estimate of drug-likeness (QED) is 0.712. The number of likely N-dealkylation sites (tertiary alicyclic amines) is 1. The topological polar surface area (TPSA) is 82.1 Å². The van der Waals surface area contributed by atoms with Gasteiger partial charge in [-0.1, -0.05) is 26.0 Å². The number of carboxylic acids is 1. The van der Waals surface area contributed by atoms with E-state index in [-0.39, 0.29) is 18.6 Å². The van der Waals surface area contributed by atoms with E-state index in [1.165, 1.54) is 0 Å². The van der Waals surface area contributed by atoms with Crippen LogP contribution >= 0.6 is 0 Å². The van der Waals surface area contributed by atoms with Crippen molar-refractivity contribution in [3.8, 4) is 5.75 Å². The maximum absolute atomic E-state index is 12.6. The van der Waals surface area contributed by atoms with Gasteiger partial charge in [-0.25, -0.2) is 4.79 Å². The van der Waals surface area contributed by atoms with E-state index in [0.717, 1.165) is 30.6 Å². The maximum atomic E-state index is 12.6. The molecule has 0 radical (unpaired) electrons. The van der Waals surface area contributed by atoms with E-state index in [0.29, 0.717) is 32.2 Å². The highest BCUT2D eigenvalue weighted by Crippen LogP contribution is 2.17. The van der Waals surface area contributed by atoms with Crippen LogP contribution in [0.1, 0.15) is 38.7 Å². The average Bonchev–Trinajstić information content (AvgIpc) is 2.90. The minimum Gasteiger partial charge on any atom is -0.493 e. The Hall–Kier alpha value is -2.28. The van der Waals surface area contributed by atoms with Gasteiger partial charge in [0.15, 0.2) is 0 Å². The molecule has 0 saturated carbocycles. The Labute approximate surface area is 167 Å². The Morgan fingerprint density at radius 1 is 1.32 bits per heavy atom. The zero-order chi connectivity index (χ0) is 20.5. The molecule has 156 valence electrons. The largest absolute Gasteiger partial charge is 0.493 e. The Bertz CT molecular complexity index is 650.